The van der Waals surface area contributed by atoms with E-state index in [1.165, 1.54) is 0 Å². The third-order valence-electron chi connectivity index (χ3n) is 4.13. The molecule has 108 valence electrons. The number of nitrogens with zero attached hydrogens (tertiary/aromatic N) is 6. The molecule has 6 heteroatoms. The molecule has 0 atom stereocenters. The Bertz CT molecular complexity index is 1180. The van der Waals surface area contributed by atoms with Crippen molar-refractivity contribution in [1.29, 1.82) is 5.26 Å². The first-order chi connectivity index (χ1) is 11.8. The Balaban J connectivity index is 1.93. The molecule has 0 bridgehead atoms. The standard InChI is InChI=1S/C18H6N6/c1-20-16-12(8-19)21-17-18(24-16)23-15-11-7-3-5-9-4-2-6-10(13(9)11)14(15)22-17/h2-7H. The molecule has 2 heterocycles. The van der Waals surface area contributed by atoms with Crippen molar-refractivity contribution < 1.29 is 0 Å². The zero-order valence-corrected chi connectivity index (χ0v) is 12.1. The minimum absolute atomic E-state index is 0.0273. The van der Waals surface area contributed by atoms with E-state index in [-0.39, 0.29) is 22.8 Å². The van der Waals surface area contributed by atoms with E-state index in [1.807, 2.05) is 30.3 Å². The molecule has 2 aromatic carbocycles. The van der Waals surface area contributed by atoms with E-state index in [0.29, 0.717) is 0 Å². The van der Waals surface area contributed by atoms with Crippen LogP contribution in [0.4, 0.5) is 5.82 Å². The molecule has 0 amide bonds. The second-order valence-electron chi connectivity index (χ2n) is 5.40. The lowest BCUT2D eigenvalue weighted by atomic mass is 10.0. The summed E-state index contributed by atoms with van der Waals surface area (Å²) in [6.45, 7) is 7.14. The summed E-state index contributed by atoms with van der Waals surface area (Å²) in [6.07, 6.45) is 0. The summed E-state index contributed by atoms with van der Waals surface area (Å²) in [7, 11) is 0. The lowest BCUT2D eigenvalue weighted by Gasteiger charge is -2.01. The quantitative estimate of drug-likeness (QED) is 0.408. The Kier molecular flexibility index (Phi) is 2.27. The molecule has 0 aliphatic heterocycles. The number of rotatable bonds is 0. The maximum Gasteiger partial charge on any atom is 0.308 e. The van der Waals surface area contributed by atoms with Gasteiger partial charge in [-0.05, 0) is 5.39 Å². The molecule has 5 rings (SSSR count). The largest absolute Gasteiger partial charge is 0.358 e. The average Bonchev–Trinajstić information content (AvgIpc) is 2.94. The third-order valence-corrected chi connectivity index (χ3v) is 4.13. The van der Waals surface area contributed by atoms with Crippen molar-refractivity contribution in [1.82, 2.24) is 19.9 Å². The number of fused-ring (bicyclic) bond motifs is 4. The van der Waals surface area contributed by atoms with Crippen molar-refractivity contribution in [3.05, 3.63) is 53.5 Å². The lowest BCUT2D eigenvalue weighted by molar-refractivity contribution is 1.16. The summed E-state index contributed by atoms with van der Waals surface area (Å²) in [5.41, 5.74) is 4.02. The number of nitriles is 1. The Labute approximate surface area is 135 Å². The molecule has 2 aromatic heterocycles. The minimum atomic E-state index is -0.0482. The van der Waals surface area contributed by atoms with Crippen LogP contribution in [0.3, 0.4) is 0 Å². The van der Waals surface area contributed by atoms with Gasteiger partial charge in [-0.3, -0.25) is 0 Å². The SMILES string of the molecule is [C-]#[N+]c1nc2nc3c(nc2nc1C#N)-c1cccc2cccc-3c12. The smallest absolute Gasteiger partial charge is 0.308 e. The van der Waals surface area contributed by atoms with Crippen LogP contribution in [0.1, 0.15) is 5.69 Å². The van der Waals surface area contributed by atoms with Crippen molar-refractivity contribution in [2.75, 3.05) is 0 Å². The van der Waals surface area contributed by atoms with Crippen LogP contribution in [0.15, 0.2) is 36.4 Å². The third kappa shape index (κ3) is 1.47. The van der Waals surface area contributed by atoms with Crippen LogP contribution < -0.4 is 0 Å². The van der Waals surface area contributed by atoms with Crippen molar-refractivity contribution in [3.63, 3.8) is 0 Å². The van der Waals surface area contributed by atoms with Gasteiger partial charge in [-0.15, -0.1) is 0 Å². The Morgan fingerprint density at radius 2 is 1.50 bits per heavy atom. The molecule has 0 unspecified atom stereocenters. The molecule has 0 fully saturated rings. The molecule has 0 radical (unpaired) electrons. The highest BCUT2D eigenvalue weighted by molar-refractivity contribution is 6.13. The topological polar surface area (TPSA) is 79.7 Å². The number of hydrogen-bond acceptors (Lipinski definition) is 5. The first-order valence-corrected chi connectivity index (χ1v) is 7.20. The molecule has 0 spiro atoms. The summed E-state index contributed by atoms with van der Waals surface area (Å²) in [5.74, 6) is -0.0482. The fourth-order valence-electron chi connectivity index (χ4n) is 3.14. The van der Waals surface area contributed by atoms with Crippen LogP contribution in [-0.2, 0) is 0 Å². The van der Waals surface area contributed by atoms with Gasteiger partial charge in [0, 0.05) is 16.5 Å². The Hall–Kier alpha value is -3.90. The van der Waals surface area contributed by atoms with E-state index in [2.05, 4.69) is 36.9 Å². The van der Waals surface area contributed by atoms with E-state index in [1.54, 1.807) is 0 Å². The van der Waals surface area contributed by atoms with Crippen molar-refractivity contribution in [3.8, 4) is 28.6 Å². The van der Waals surface area contributed by atoms with Gasteiger partial charge in [0.1, 0.15) is 17.5 Å². The predicted molar refractivity (Wildman–Crippen MR) is 88.0 cm³/mol. The normalized spacial score (nSPS) is 11.2. The van der Waals surface area contributed by atoms with Crippen molar-refractivity contribution in [2.24, 2.45) is 0 Å². The minimum Gasteiger partial charge on any atom is -0.358 e. The van der Waals surface area contributed by atoms with Crippen molar-refractivity contribution in [2.45, 2.75) is 0 Å². The van der Waals surface area contributed by atoms with Gasteiger partial charge in [0.05, 0.1) is 0 Å². The summed E-state index contributed by atoms with van der Waals surface area (Å²) in [6, 6.07) is 14.0. The number of aromatic nitrogens is 4. The number of hydrogen-bond donors (Lipinski definition) is 0. The van der Waals surface area contributed by atoms with Crippen LogP contribution in [0.25, 0.3) is 49.4 Å². The van der Waals surface area contributed by atoms with Crippen LogP contribution >= 0.6 is 0 Å². The molecular weight excluding hydrogens is 300 g/mol. The molecule has 6 nitrogen and oxygen atoms in total. The summed E-state index contributed by atoms with van der Waals surface area (Å²) >= 11 is 0. The second-order valence-corrected chi connectivity index (χ2v) is 5.40. The molecule has 0 saturated carbocycles. The monoisotopic (exact) mass is 306 g/mol. The highest BCUT2D eigenvalue weighted by Gasteiger charge is 2.26. The summed E-state index contributed by atoms with van der Waals surface area (Å²) in [5, 5.41) is 11.4. The van der Waals surface area contributed by atoms with Crippen LogP contribution in [0.2, 0.25) is 0 Å². The average molecular weight is 306 g/mol. The van der Waals surface area contributed by atoms with E-state index >= 15 is 0 Å². The zero-order valence-electron chi connectivity index (χ0n) is 12.1. The van der Waals surface area contributed by atoms with Gasteiger partial charge in [-0.1, -0.05) is 48.0 Å². The molecular formula is C18H6N6. The molecule has 0 N–H and O–H groups in total. The van der Waals surface area contributed by atoms with Gasteiger partial charge in [-0.2, -0.15) is 5.26 Å². The van der Waals surface area contributed by atoms with Gasteiger partial charge in [0.25, 0.3) is 5.65 Å². The van der Waals surface area contributed by atoms with Gasteiger partial charge in [0.2, 0.25) is 5.65 Å². The van der Waals surface area contributed by atoms with Crippen molar-refractivity contribution >= 4 is 27.9 Å². The molecule has 4 aromatic rings. The van der Waals surface area contributed by atoms with E-state index in [0.717, 1.165) is 33.3 Å². The fraction of sp³-hybridized carbons (Fsp3) is 0. The fourth-order valence-corrected chi connectivity index (χ4v) is 3.14. The Morgan fingerprint density at radius 1 is 0.875 bits per heavy atom. The summed E-state index contributed by atoms with van der Waals surface area (Å²) in [4.78, 5) is 20.7. The summed E-state index contributed by atoms with van der Waals surface area (Å²) < 4.78 is 0. The molecule has 1 aliphatic carbocycles. The first kappa shape index (κ1) is 12.6. The van der Waals surface area contributed by atoms with Crippen LogP contribution in [-0.4, -0.2) is 19.9 Å². The van der Waals surface area contributed by atoms with Gasteiger partial charge >= 0.3 is 5.82 Å². The van der Waals surface area contributed by atoms with E-state index in [9.17, 15) is 0 Å². The van der Waals surface area contributed by atoms with Crippen LogP contribution in [0.5, 0.6) is 0 Å². The maximum absolute atomic E-state index is 9.12. The Morgan fingerprint density at radius 3 is 2.08 bits per heavy atom. The lowest BCUT2D eigenvalue weighted by Crippen LogP contribution is -1.97. The zero-order chi connectivity index (χ0) is 16.3. The molecule has 24 heavy (non-hydrogen) atoms. The highest BCUT2D eigenvalue weighted by atomic mass is 15.0. The molecule has 0 saturated heterocycles. The van der Waals surface area contributed by atoms with Gasteiger partial charge in [-0.25, -0.2) is 15.0 Å². The molecule has 1 aliphatic rings. The predicted octanol–water partition coefficient (Wildman–Crippen LogP) is 3.64. The van der Waals surface area contributed by atoms with E-state index in [4.69, 9.17) is 11.8 Å². The highest BCUT2D eigenvalue weighted by Crippen LogP contribution is 2.45. The number of benzene rings is 2. The second kappa shape index (κ2) is 4.31. The van der Waals surface area contributed by atoms with Gasteiger partial charge in [0.15, 0.2) is 5.69 Å². The first-order valence-electron chi connectivity index (χ1n) is 7.20. The maximum atomic E-state index is 9.12. The van der Waals surface area contributed by atoms with Crippen LogP contribution in [0, 0.1) is 17.9 Å². The van der Waals surface area contributed by atoms with Gasteiger partial charge < -0.3 is 4.85 Å². The van der Waals surface area contributed by atoms with E-state index < -0.39 is 0 Å².